The molecule has 0 aromatic heterocycles. The number of halogens is 1. The molecule has 1 unspecified atom stereocenters. The fraction of sp³-hybridized carbons (Fsp3) is 0.258. The average Bonchev–Trinajstić information content (AvgIpc) is 2.95. The van der Waals surface area contributed by atoms with Gasteiger partial charge in [-0.1, -0.05) is 48.5 Å². The van der Waals surface area contributed by atoms with Crippen LogP contribution in [0.3, 0.4) is 0 Å². The number of ether oxygens (including phenoxy) is 3. The molecule has 0 saturated heterocycles. The molecular weight excluding hydrogens is 483 g/mol. The van der Waals surface area contributed by atoms with Gasteiger partial charge in [-0.05, 0) is 60.5 Å². The predicted octanol–water partition coefficient (Wildman–Crippen LogP) is 6.17. The summed E-state index contributed by atoms with van der Waals surface area (Å²) in [5.41, 5.74) is 2.74. The summed E-state index contributed by atoms with van der Waals surface area (Å²) in [4.78, 5) is 13.5. The number of benzene rings is 4. The Hall–Kier alpha value is -4.10. The van der Waals surface area contributed by atoms with Crippen LogP contribution in [0.25, 0.3) is 10.8 Å². The van der Waals surface area contributed by atoms with Crippen LogP contribution in [-0.4, -0.2) is 38.9 Å². The summed E-state index contributed by atoms with van der Waals surface area (Å²) in [7, 11) is 1.32. The maximum absolute atomic E-state index is 14.2. The van der Waals surface area contributed by atoms with Gasteiger partial charge in [-0.3, -0.25) is 0 Å². The molecule has 0 fully saturated rings. The van der Waals surface area contributed by atoms with Crippen LogP contribution in [0.2, 0.25) is 0 Å². The summed E-state index contributed by atoms with van der Waals surface area (Å²) >= 11 is 0. The molecule has 1 heterocycles. The van der Waals surface area contributed by atoms with E-state index in [2.05, 4.69) is 59.4 Å². The average molecular weight is 515 g/mol. The number of anilines is 2. The van der Waals surface area contributed by atoms with Crippen molar-refractivity contribution in [3.05, 3.63) is 96.3 Å². The highest BCUT2D eigenvalue weighted by molar-refractivity contribution is 5.86. The predicted molar refractivity (Wildman–Crippen MR) is 147 cm³/mol. The first-order valence-electron chi connectivity index (χ1n) is 12.8. The quantitative estimate of drug-likeness (QED) is 0.270. The van der Waals surface area contributed by atoms with Crippen LogP contribution in [0.4, 0.5) is 15.8 Å². The summed E-state index contributed by atoms with van der Waals surface area (Å²) in [6.45, 7) is 3.29. The Bertz CT molecular complexity index is 1420. The molecule has 196 valence electrons. The first-order valence-corrected chi connectivity index (χ1v) is 12.8. The van der Waals surface area contributed by atoms with Crippen LogP contribution >= 0.6 is 0 Å². The van der Waals surface area contributed by atoms with Crippen LogP contribution in [0, 0.1) is 5.82 Å². The fourth-order valence-corrected chi connectivity index (χ4v) is 4.86. The van der Waals surface area contributed by atoms with E-state index in [9.17, 15) is 9.18 Å². The van der Waals surface area contributed by atoms with Crippen molar-refractivity contribution in [2.24, 2.45) is 0 Å². The highest BCUT2D eigenvalue weighted by atomic mass is 19.1. The van der Waals surface area contributed by atoms with E-state index in [0.717, 1.165) is 18.7 Å². The SMILES string of the molecule is COC(=O)COc1cccc(N2CC(CCN[C@H](C)c3cccc4ccccc34)Oc3ccc(F)cc32)c1. The Morgan fingerprint density at radius 2 is 1.89 bits per heavy atom. The maximum Gasteiger partial charge on any atom is 0.343 e. The van der Waals surface area contributed by atoms with Gasteiger partial charge in [0.25, 0.3) is 0 Å². The highest BCUT2D eigenvalue weighted by Gasteiger charge is 2.27. The van der Waals surface area contributed by atoms with Crippen molar-refractivity contribution >= 4 is 28.1 Å². The van der Waals surface area contributed by atoms with Crippen LogP contribution < -0.4 is 19.7 Å². The molecule has 4 aromatic rings. The van der Waals surface area contributed by atoms with Gasteiger partial charge < -0.3 is 24.4 Å². The van der Waals surface area contributed by atoms with E-state index in [0.29, 0.717) is 23.7 Å². The normalized spacial score (nSPS) is 15.4. The summed E-state index contributed by atoms with van der Waals surface area (Å²) in [5, 5.41) is 6.12. The number of rotatable bonds is 9. The first kappa shape index (κ1) is 25.5. The van der Waals surface area contributed by atoms with E-state index in [-0.39, 0.29) is 24.6 Å². The van der Waals surface area contributed by atoms with E-state index in [4.69, 9.17) is 9.47 Å². The lowest BCUT2D eigenvalue weighted by Crippen LogP contribution is -2.39. The largest absolute Gasteiger partial charge is 0.486 e. The van der Waals surface area contributed by atoms with Crippen LogP contribution in [0.1, 0.15) is 24.9 Å². The minimum absolute atomic E-state index is 0.111. The lowest BCUT2D eigenvalue weighted by Gasteiger charge is -2.36. The molecule has 1 aliphatic heterocycles. The second-order valence-corrected chi connectivity index (χ2v) is 9.36. The highest BCUT2D eigenvalue weighted by Crippen LogP contribution is 2.40. The zero-order valence-electron chi connectivity index (χ0n) is 21.5. The van der Waals surface area contributed by atoms with Crippen molar-refractivity contribution in [3.8, 4) is 11.5 Å². The molecule has 0 radical (unpaired) electrons. The fourth-order valence-electron chi connectivity index (χ4n) is 4.86. The lowest BCUT2D eigenvalue weighted by molar-refractivity contribution is -0.142. The Balaban J connectivity index is 1.29. The van der Waals surface area contributed by atoms with Crippen molar-refractivity contribution in [2.75, 3.05) is 31.7 Å². The number of nitrogens with zero attached hydrogens (tertiary/aromatic N) is 1. The number of hydrogen-bond acceptors (Lipinski definition) is 6. The Labute approximate surface area is 221 Å². The van der Waals surface area contributed by atoms with Crippen molar-refractivity contribution in [3.63, 3.8) is 0 Å². The van der Waals surface area contributed by atoms with Gasteiger partial charge in [-0.25, -0.2) is 9.18 Å². The van der Waals surface area contributed by atoms with Crippen LogP contribution in [0.5, 0.6) is 11.5 Å². The van der Waals surface area contributed by atoms with Crippen molar-refractivity contribution in [2.45, 2.75) is 25.5 Å². The van der Waals surface area contributed by atoms with Crippen molar-refractivity contribution in [1.29, 1.82) is 0 Å². The summed E-state index contributed by atoms with van der Waals surface area (Å²) in [6, 6.07) is 26.9. The minimum Gasteiger partial charge on any atom is -0.486 e. The molecule has 4 aromatic carbocycles. The number of fused-ring (bicyclic) bond motifs is 2. The molecule has 0 bridgehead atoms. The topological polar surface area (TPSA) is 60.0 Å². The molecule has 38 heavy (non-hydrogen) atoms. The number of nitrogens with one attached hydrogen (secondary N) is 1. The van der Waals surface area contributed by atoms with E-state index < -0.39 is 5.97 Å². The van der Waals surface area contributed by atoms with E-state index in [1.54, 1.807) is 12.1 Å². The number of carbonyl (C=O) groups excluding carboxylic acids is 1. The zero-order chi connectivity index (χ0) is 26.5. The van der Waals surface area contributed by atoms with Gasteiger partial charge >= 0.3 is 5.97 Å². The van der Waals surface area contributed by atoms with Gasteiger partial charge in [-0.15, -0.1) is 0 Å². The van der Waals surface area contributed by atoms with Gasteiger partial charge in [-0.2, -0.15) is 0 Å². The Kier molecular flexibility index (Phi) is 7.75. The van der Waals surface area contributed by atoms with E-state index >= 15 is 0 Å². The smallest absolute Gasteiger partial charge is 0.343 e. The van der Waals surface area contributed by atoms with E-state index in [1.807, 2.05) is 23.1 Å². The third-order valence-corrected chi connectivity index (χ3v) is 6.81. The van der Waals surface area contributed by atoms with Crippen molar-refractivity contribution in [1.82, 2.24) is 5.32 Å². The molecule has 0 saturated carbocycles. The number of methoxy groups -OCH3 is 1. The third kappa shape index (κ3) is 5.73. The van der Waals surface area contributed by atoms with E-state index in [1.165, 1.54) is 35.6 Å². The molecule has 0 aliphatic carbocycles. The first-order chi connectivity index (χ1) is 18.5. The van der Waals surface area contributed by atoms with Gasteiger partial charge in [0.15, 0.2) is 6.61 Å². The molecule has 2 atom stereocenters. The second-order valence-electron chi connectivity index (χ2n) is 9.36. The Morgan fingerprint density at radius 3 is 2.76 bits per heavy atom. The van der Waals surface area contributed by atoms with Crippen LogP contribution in [-0.2, 0) is 9.53 Å². The standard InChI is InChI=1S/C31H31FN2O4/c1-21(27-12-5-8-22-7-3-4-11-28(22)27)33-16-15-26-19-34(29-17-23(32)13-14-30(29)38-26)24-9-6-10-25(18-24)37-20-31(35)36-2/h3-14,17-18,21,26,33H,15-16,19-20H2,1-2H3/t21-,26?/m1/s1. The summed E-state index contributed by atoms with van der Waals surface area (Å²) in [6.07, 6.45) is 0.654. The zero-order valence-corrected chi connectivity index (χ0v) is 21.5. The van der Waals surface area contributed by atoms with Crippen LogP contribution in [0.15, 0.2) is 84.9 Å². The molecule has 7 heteroatoms. The third-order valence-electron chi connectivity index (χ3n) is 6.81. The lowest BCUT2D eigenvalue weighted by atomic mass is 9.99. The molecule has 0 spiro atoms. The number of carbonyl (C=O) groups is 1. The summed E-state index contributed by atoms with van der Waals surface area (Å²) < 4.78 is 30.7. The number of hydrogen-bond donors (Lipinski definition) is 1. The van der Waals surface area contributed by atoms with Crippen molar-refractivity contribution < 1.29 is 23.4 Å². The van der Waals surface area contributed by atoms with Gasteiger partial charge in [0, 0.05) is 23.9 Å². The molecule has 6 nitrogen and oxygen atoms in total. The maximum atomic E-state index is 14.2. The Morgan fingerprint density at radius 1 is 1.08 bits per heavy atom. The monoisotopic (exact) mass is 514 g/mol. The van der Waals surface area contributed by atoms with Gasteiger partial charge in [0.2, 0.25) is 0 Å². The molecule has 0 amide bonds. The second kappa shape index (κ2) is 11.5. The summed E-state index contributed by atoms with van der Waals surface area (Å²) in [5.74, 6) is 0.365. The minimum atomic E-state index is -0.459. The molecular formula is C31H31FN2O4. The molecule has 5 rings (SSSR count). The molecule has 1 N–H and O–H groups in total. The van der Waals surface area contributed by atoms with Gasteiger partial charge in [0.05, 0.1) is 19.3 Å². The number of esters is 1. The van der Waals surface area contributed by atoms with Gasteiger partial charge in [0.1, 0.15) is 23.4 Å². The molecule has 1 aliphatic rings.